The summed E-state index contributed by atoms with van der Waals surface area (Å²) in [5.74, 6) is 0.307. The van der Waals surface area contributed by atoms with Gasteiger partial charge in [-0.1, -0.05) is 49.4 Å². The molecule has 0 unspecified atom stereocenters. The second kappa shape index (κ2) is 10.5. The third-order valence-corrected chi connectivity index (χ3v) is 7.40. The summed E-state index contributed by atoms with van der Waals surface area (Å²) in [4.78, 5) is 30.6. The predicted octanol–water partition coefficient (Wildman–Crippen LogP) is 4.97. The van der Waals surface area contributed by atoms with E-state index in [4.69, 9.17) is 5.10 Å². The van der Waals surface area contributed by atoms with Crippen LogP contribution >= 0.6 is 0 Å². The Balaban J connectivity index is 1.36. The molecule has 0 saturated carbocycles. The minimum atomic E-state index is -0.00868. The number of hydrogen-bond acceptors (Lipinski definition) is 3. The minimum absolute atomic E-state index is 0.00868. The quantitative estimate of drug-likeness (QED) is 0.529. The first-order chi connectivity index (χ1) is 17.1. The predicted molar refractivity (Wildman–Crippen MR) is 137 cm³/mol. The number of rotatable bonds is 5. The number of likely N-dealkylation sites (tertiary alicyclic amines) is 2. The van der Waals surface area contributed by atoms with Crippen molar-refractivity contribution in [3.8, 4) is 16.9 Å². The average Bonchev–Trinajstić information content (AvgIpc) is 3.39. The maximum absolute atomic E-state index is 13.7. The number of piperidine rings is 2. The van der Waals surface area contributed by atoms with E-state index in [0.717, 1.165) is 56.4 Å². The van der Waals surface area contributed by atoms with E-state index in [0.29, 0.717) is 24.3 Å². The number of benzene rings is 2. The van der Waals surface area contributed by atoms with Crippen molar-refractivity contribution in [3.63, 3.8) is 0 Å². The van der Waals surface area contributed by atoms with E-state index in [-0.39, 0.29) is 17.7 Å². The van der Waals surface area contributed by atoms with Gasteiger partial charge >= 0.3 is 0 Å². The molecule has 3 heterocycles. The topological polar surface area (TPSA) is 58.4 Å². The van der Waals surface area contributed by atoms with E-state index in [1.165, 1.54) is 12.0 Å². The molecule has 182 valence electrons. The highest BCUT2D eigenvalue weighted by atomic mass is 16.2. The molecule has 1 aromatic heterocycles. The lowest BCUT2D eigenvalue weighted by Crippen LogP contribution is -2.45. The summed E-state index contributed by atoms with van der Waals surface area (Å²) in [6.45, 7) is 5.11. The van der Waals surface area contributed by atoms with Crippen molar-refractivity contribution in [2.75, 3.05) is 26.2 Å². The summed E-state index contributed by atoms with van der Waals surface area (Å²) in [6, 6.07) is 18.2. The lowest BCUT2D eigenvalue weighted by Gasteiger charge is -2.35. The van der Waals surface area contributed by atoms with Gasteiger partial charge in [0.05, 0.1) is 11.3 Å². The van der Waals surface area contributed by atoms with Crippen LogP contribution in [-0.2, 0) is 11.2 Å². The van der Waals surface area contributed by atoms with Crippen LogP contribution < -0.4 is 0 Å². The first-order valence-electron chi connectivity index (χ1n) is 13.0. The first kappa shape index (κ1) is 23.3. The van der Waals surface area contributed by atoms with Crippen LogP contribution in [0.15, 0.2) is 60.8 Å². The van der Waals surface area contributed by atoms with Gasteiger partial charge in [-0.2, -0.15) is 5.10 Å². The smallest absolute Gasteiger partial charge is 0.257 e. The fourth-order valence-electron chi connectivity index (χ4n) is 5.23. The molecule has 2 aliphatic rings. The highest BCUT2D eigenvalue weighted by Gasteiger charge is 2.32. The van der Waals surface area contributed by atoms with Gasteiger partial charge in [0.25, 0.3) is 5.91 Å². The van der Waals surface area contributed by atoms with Crippen LogP contribution in [0, 0.1) is 5.92 Å². The Morgan fingerprint density at radius 1 is 0.857 bits per heavy atom. The van der Waals surface area contributed by atoms with Gasteiger partial charge in [-0.15, -0.1) is 0 Å². The Bertz CT molecular complexity index is 1160. The zero-order valence-electron chi connectivity index (χ0n) is 20.5. The molecule has 5 rings (SSSR count). The maximum atomic E-state index is 13.7. The molecule has 6 nitrogen and oxygen atoms in total. The molecule has 0 radical (unpaired) electrons. The van der Waals surface area contributed by atoms with E-state index in [1.54, 1.807) is 4.68 Å². The maximum Gasteiger partial charge on any atom is 0.257 e. The Morgan fingerprint density at radius 3 is 2.20 bits per heavy atom. The number of carbonyl (C=O) groups excluding carboxylic acids is 2. The molecular formula is C29H34N4O2. The zero-order valence-corrected chi connectivity index (χ0v) is 20.5. The number of aryl methyl sites for hydroxylation is 1. The van der Waals surface area contributed by atoms with Crippen LogP contribution in [0.3, 0.4) is 0 Å². The molecule has 3 aromatic rings. The van der Waals surface area contributed by atoms with Crippen molar-refractivity contribution in [2.45, 2.75) is 45.4 Å². The summed E-state index contributed by atoms with van der Waals surface area (Å²) in [5, 5.41) is 4.83. The van der Waals surface area contributed by atoms with Gasteiger partial charge in [-0.3, -0.25) is 9.59 Å². The standard InChI is InChI=1S/C29H34N4O2/c1-2-22-11-13-23(14-12-22)27-26(21-33(30-27)25-9-5-3-6-10-25)29(35)32-19-15-24(16-20-32)28(34)31-17-7-4-8-18-31/h3,5-6,9-14,21,24H,2,4,7-8,15-20H2,1H3. The number of para-hydroxylation sites is 1. The van der Waals surface area contributed by atoms with Crippen LogP contribution in [0.5, 0.6) is 0 Å². The number of carbonyl (C=O) groups is 2. The fraction of sp³-hybridized carbons (Fsp3) is 0.414. The molecule has 0 N–H and O–H groups in total. The van der Waals surface area contributed by atoms with Gasteiger partial charge in [0, 0.05) is 43.9 Å². The molecule has 35 heavy (non-hydrogen) atoms. The van der Waals surface area contributed by atoms with Gasteiger partial charge in [0.1, 0.15) is 5.69 Å². The Kier molecular flexibility index (Phi) is 6.98. The molecule has 0 atom stereocenters. The van der Waals surface area contributed by atoms with Crippen LogP contribution in [0.25, 0.3) is 16.9 Å². The Hall–Kier alpha value is -3.41. The van der Waals surface area contributed by atoms with E-state index in [1.807, 2.05) is 46.3 Å². The molecule has 0 aliphatic carbocycles. The molecule has 0 bridgehead atoms. The summed E-state index contributed by atoms with van der Waals surface area (Å²) < 4.78 is 1.79. The van der Waals surface area contributed by atoms with Gasteiger partial charge in [-0.05, 0) is 56.2 Å². The number of amides is 2. The Labute approximate surface area is 207 Å². The van der Waals surface area contributed by atoms with Crippen molar-refractivity contribution < 1.29 is 9.59 Å². The molecule has 2 fully saturated rings. The largest absolute Gasteiger partial charge is 0.342 e. The van der Waals surface area contributed by atoms with Crippen molar-refractivity contribution >= 4 is 11.8 Å². The van der Waals surface area contributed by atoms with Crippen LogP contribution in [-0.4, -0.2) is 57.6 Å². The second-order valence-electron chi connectivity index (χ2n) is 9.67. The summed E-state index contributed by atoms with van der Waals surface area (Å²) in [5.41, 5.74) is 4.43. The van der Waals surface area contributed by atoms with Crippen molar-refractivity contribution in [3.05, 3.63) is 71.9 Å². The van der Waals surface area contributed by atoms with Gasteiger partial charge in [0.2, 0.25) is 5.91 Å². The van der Waals surface area contributed by atoms with E-state index in [9.17, 15) is 9.59 Å². The monoisotopic (exact) mass is 470 g/mol. The molecular weight excluding hydrogens is 436 g/mol. The van der Waals surface area contributed by atoms with Crippen molar-refractivity contribution in [2.24, 2.45) is 5.92 Å². The first-order valence-corrected chi connectivity index (χ1v) is 13.0. The normalized spacial score (nSPS) is 16.9. The Morgan fingerprint density at radius 2 is 1.54 bits per heavy atom. The summed E-state index contributed by atoms with van der Waals surface area (Å²) in [7, 11) is 0. The minimum Gasteiger partial charge on any atom is -0.342 e. The van der Waals surface area contributed by atoms with E-state index in [2.05, 4.69) is 31.2 Å². The molecule has 0 spiro atoms. The molecule has 2 saturated heterocycles. The van der Waals surface area contributed by atoms with Crippen LogP contribution in [0.2, 0.25) is 0 Å². The number of hydrogen-bond donors (Lipinski definition) is 0. The lowest BCUT2D eigenvalue weighted by atomic mass is 9.93. The third-order valence-electron chi connectivity index (χ3n) is 7.40. The van der Waals surface area contributed by atoms with E-state index < -0.39 is 0 Å². The van der Waals surface area contributed by atoms with Gasteiger partial charge in [-0.25, -0.2) is 4.68 Å². The van der Waals surface area contributed by atoms with Gasteiger partial charge in [0.15, 0.2) is 0 Å². The highest BCUT2D eigenvalue weighted by molar-refractivity contribution is 6.00. The molecule has 2 amide bonds. The summed E-state index contributed by atoms with van der Waals surface area (Å²) in [6.07, 6.45) is 7.72. The van der Waals surface area contributed by atoms with Crippen LogP contribution in [0.4, 0.5) is 0 Å². The lowest BCUT2D eigenvalue weighted by molar-refractivity contribution is -0.137. The third kappa shape index (κ3) is 5.02. The SMILES string of the molecule is CCc1ccc(-c2nn(-c3ccccc3)cc2C(=O)N2CCC(C(=O)N3CCCCC3)CC2)cc1. The van der Waals surface area contributed by atoms with Crippen LogP contribution in [0.1, 0.15) is 54.9 Å². The highest BCUT2D eigenvalue weighted by Crippen LogP contribution is 2.28. The van der Waals surface area contributed by atoms with Crippen molar-refractivity contribution in [1.82, 2.24) is 19.6 Å². The molecule has 6 heteroatoms. The average molecular weight is 471 g/mol. The van der Waals surface area contributed by atoms with Gasteiger partial charge < -0.3 is 9.80 Å². The summed E-state index contributed by atoms with van der Waals surface area (Å²) >= 11 is 0. The van der Waals surface area contributed by atoms with Crippen molar-refractivity contribution in [1.29, 1.82) is 0 Å². The molecule has 2 aliphatic heterocycles. The molecule has 2 aromatic carbocycles. The second-order valence-corrected chi connectivity index (χ2v) is 9.67. The van der Waals surface area contributed by atoms with E-state index >= 15 is 0 Å². The number of nitrogens with zero attached hydrogens (tertiary/aromatic N) is 4. The fourth-order valence-corrected chi connectivity index (χ4v) is 5.23. The number of aromatic nitrogens is 2. The zero-order chi connectivity index (χ0) is 24.2.